The first-order valence-corrected chi connectivity index (χ1v) is 3.08. The summed E-state index contributed by atoms with van der Waals surface area (Å²) in [6, 6.07) is 2.03. The molecule has 0 saturated carbocycles. The third-order valence-corrected chi connectivity index (χ3v) is 0.907. The van der Waals surface area contributed by atoms with Crippen LogP contribution in [0.3, 0.4) is 0 Å². The largest absolute Gasteiger partial charge is 0.383 e. The Morgan fingerprint density at radius 1 is 1.50 bits per heavy atom. The lowest BCUT2D eigenvalue weighted by Gasteiger charge is -2.00. The molecular formula is C8H12N2. The van der Waals surface area contributed by atoms with E-state index in [0.717, 1.165) is 5.57 Å². The molecule has 54 valence electrons. The molecule has 0 unspecified atom stereocenters. The van der Waals surface area contributed by atoms with E-state index in [-0.39, 0.29) is 0 Å². The molecule has 0 aromatic carbocycles. The predicted molar refractivity (Wildman–Crippen MR) is 42.2 cm³/mol. The zero-order chi connectivity index (χ0) is 7.98. The first-order chi connectivity index (χ1) is 4.66. The van der Waals surface area contributed by atoms with Crippen LogP contribution in [0.15, 0.2) is 23.9 Å². The van der Waals surface area contributed by atoms with Gasteiger partial charge in [0.2, 0.25) is 0 Å². The molecule has 0 saturated heterocycles. The van der Waals surface area contributed by atoms with Crippen LogP contribution in [0.4, 0.5) is 0 Å². The Morgan fingerprint density at radius 3 is 2.50 bits per heavy atom. The number of allylic oxidation sites excluding steroid dienone is 3. The van der Waals surface area contributed by atoms with E-state index in [4.69, 9.17) is 5.26 Å². The molecule has 0 N–H and O–H groups in total. The molecule has 0 radical (unpaired) electrons. The van der Waals surface area contributed by atoms with E-state index >= 15 is 0 Å². The second-order valence-electron chi connectivity index (χ2n) is 2.27. The van der Waals surface area contributed by atoms with Gasteiger partial charge in [-0.05, 0) is 25.3 Å². The fourth-order valence-electron chi connectivity index (χ4n) is 0.397. The standard InChI is InChI=1S/C8H12N2/c1-8(7-9)5-4-6-10(2)3/h4-6H,1-3H3. The van der Waals surface area contributed by atoms with Gasteiger partial charge in [0.25, 0.3) is 0 Å². The molecule has 0 spiro atoms. The van der Waals surface area contributed by atoms with Crippen LogP contribution in [0, 0.1) is 11.3 Å². The van der Waals surface area contributed by atoms with Crippen molar-refractivity contribution in [3.63, 3.8) is 0 Å². The van der Waals surface area contributed by atoms with E-state index in [1.54, 1.807) is 13.0 Å². The molecule has 0 aromatic rings. The molecule has 2 nitrogen and oxygen atoms in total. The smallest absolute Gasteiger partial charge is 0.0944 e. The molecule has 0 aliphatic carbocycles. The van der Waals surface area contributed by atoms with Crippen molar-refractivity contribution >= 4 is 0 Å². The number of nitrogens with zero attached hydrogens (tertiary/aromatic N) is 2. The van der Waals surface area contributed by atoms with E-state index in [9.17, 15) is 0 Å². The van der Waals surface area contributed by atoms with Gasteiger partial charge in [-0.2, -0.15) is 5.26 Å². The van der Waals surface area contributed by atoms with Crippen molar-refractivity contribution in [1.82, 2.24) is 4.90 Å². The van der Waals surface area contributed by atoms with Crippen molar-refractivity contribution in [2.45, 2.75) is 6.92 Å². The molecule has 0 atom stereocenters. The summed E-state index contributed by atoms with van der Waals surface area (Å²) >= 11 is 0. The second kappa shape index (κ2) is 4.63. The highest BCUT2D eigenvalue weighted by atomic mass is 15.0. The van der Waals surface area contributed by atoms with Crippen LogP contribution in [0.1, 0.15) is 6.92 Å². The molecule has 0 fully saturated rings. The van der Waals surface area contributed by atoms with Crippen molar-refractivity contribution < 1.29 is 0 Å². The van der Waals surface area contributed by atoms with Gasteiger partial charge >= 0.3 is 0 Å². The third kappa shape index (κ3) is 4.92. The van der Waals surface area contributed by atoms with E-state index in [2.05, 4.69) is 0 Å². The molecule has 0 aromatic heterocycles. The Kier molecular flexibility index (Phi) is 4.06. The SMILES string of the molecule is CC(C#N)=CC=CN(C)C. The minimum atomic E-state index is 0.720. The highest BCUT2D eigenvalue weighted by Crippen LogP contribution is 1.89. The van der Waals surface area contributed by atoms with E-state index in [1.165, 1.54) is 0 Å². The average Bonchev–Trinajstić information content (AvgIpc) is 1.87. The van der Waals surface area contributed by atoms with Gasteiger partial charge in [0.05, 0.1) is 6.07 Å². The van der Waals surface area contributed by atoms with E-state index in [0.29, 0.717) is 0 Å². The lowest BCUT2D eigenvalue weighted by molar-refractivity contribution is 0.564. The average molecular weight is 136 g/mol. The van der Waals surface area contributed by atoms with E-state index < -0.39 is 0 Å². The van der Waals surface area contributed by atoms with Gasteiger partial charge in [0, 0.05) is 19.7 Å². The fourth-order valence-corrected chi connectivity index (χ4v) is 0.397. The first kappa shape index (κ1) is 8.77. The quantitative estimate of drug-likeness (QED) is 0.425. The summed E-state index contributed by atoms with van der Waals surface area (Å²) in [5.74, 6) is 0. The zero-order valence-electron chi connectivity index (χ0n) is 6.63. The predicted octanol–water partition coefficient (Wildman–Crippen LogP) is 1.53. The highest BCUT2D eigenvalue weighted by molar-refractivity contribution is 5.22. The van der Waals surface area contributed by atoms with Crippen molar-refractivity contribution in [2.75, 3.05) is 14.1 Å². The Morgan fingerprint density at radius 2 is 2.10 bits per heavy atom. The van der Waals surface area contributed by atoms with Gasteiger partial charge in [-0.3, -0.25) is 0 Å². The van der Waals surface area contributed by atoms with Gasteiger partial charge in [-0.15, -0.1) is 0 Å². The normalized spacial score (nSPS) is 11.6. The maximum Gasteiger partial charge on any atom is 0.0944 e. The van der Waals surface area contributed by atoms with Crippen LogP contribution in [-0.4, -0.2) is 19.0 Å². The van der Waals surface area contributed by atoms with Gasteiger partial charge in [0.1, 0.15) is 0 Å². The summed E-state index contributed by atoms with van der Waals surface area (Å²) in [4.78, 5) is 1.92. The maximum absolute atomic E-state index is 8.33. The number of nitriles is 1. The molecule has 0 rings (SSSR count). The molecule has 2 heteroatoms. The molecule has 0 aliphatic heterocycles. The van der Waals surface area contributed by atoms with Gasteiger partial charge in [-0.25, -0.2) is 0 Å². The summed E-state index contributed by atoms with van der Waals surface area (Å²) in [5.41, 5.74) is 0.720. The Hall–Kier alpha value is -1.23. The Bertz CT molecular complexity index is 182. The molecule has 10 heavy (non-hydrogen) atoms. The summed E-state index contributed by atoms with van der Waals surface area (Å²) in [5, 5.41) is 8.33. The zero-order valence-corrected chi connectivity index (χ0v) is 6.63. The van der Waals surface area contributed by atoms with Crippen molar-refractivity contribution in [3.8, 4) is 6.07 Å². The van der Waals surface area contributed by atoms with Gasteiger partial charge < -0.3 is 4.90 Å². The minimum absolute atomic E-state index is 0.720. The summed E-state index contributed by atoms with van der Waals surface area (Å²) in [6.07, 6.45) is 5.51. The number of hydrogen-bond donors (Lipinski definition) is 0. The van der Waals surface area contributed by atoms with Crippen LogP contribution >= 0.6 is 0 Å². The number of hydrogen-bond acceptors (Lipinski definition) is 2. The van der Waals surface area contributed by atoms with Gasteiger partial charge in [0.15, 0.2) is 0 Å². The van der Waals surface area contributed by atoms with Crippen LogP contribution in [0.2, 0.25) is 0 Å². The van der Waals surface area contributed by atoms with Crippen molar-refractivity contribution in [2.24, 2.45) is 0 Å². The summed E-state index contributed by atoms with van der Waals surface area (Å²) < 4.78 is 0. The van der Waals surface area contributed by atoms with Gasteiger partial charge in [-0.1, -0.05) is 0 Å². The second-order valence-corrected chi connectivity index (χ2v) is 2.27. The lowest BCUT2D eigenvalue weighted by Crippen LogP contribution is -1.99. The van der Waals surface area contributed by atoms with Crippen LogP contribution in [0.5, 0.6) is 0 Å². The van der Waals surface area contributed by atoms with Crippen molar-refractivity contribution in [1.29, 1.82) is 5.26 Å². The molecule has 0 bridgehead atoms. The molecule has 0 amide bonds. The highest BCUT2D eigenvalue weighted by Gasteiger charge is 1.77. The third-order valence-electron chi connectivity index (χ3n) is 0.907. The van der Waals surface area contributed by atoms with E-state index in [1.807, 2.05) is 37.3 Å². The summed E-state index contributed by atoms with van der Waals surface area (Å²) in [6.45, 7) is 1.78. The Balaban J connectivity index is 3.85. The number of rotatable bonds is 2. The molecular weight excluding hydrogens is 124 g/mol. The Labute approximate surface area is 62.1 Å². The lowest BCUT2D eigenvalue weighted by atomic mass is 10.3. The monoisotopic (exact) mass is 136 g/mol. The minimum Gasteiger partial charge on any atom is -0.383 e. The van der Waals surface area contributed by atoms with Crippen LogP contribution in [-0.2, 0) is 0 Å². The topological polar surface area (TPSA) is 27.0 Å². The van der Waals surface area contributed by atoms with Crippen molar-refractivity contribution in [3.05, 3.63) is 23.9 Å². The first-order valence-electron chi connectivity index (χ1n) is 3.08. The maximum atomic E-state index is 8.33. The summed E-state index contributed by atoms with van der Waals surface area (Å²) in [7, 11) is 3.87. The molecule has 0 heterocycles. The van der Waals surface area contributed by atoms with Crippen LogP contribution < -0.4 is 0 Å². The fraction of sp³-hybridized carbons (Fsp3) is 0.375. The molecule has 0 aliphatic rings. The van der Waals surface area contributed by atoms with Crippen LogP contribution in [0.25, 0.3) is 0 Å².